The summed E-state index contributed by atoms with van der Waals surface area (Å²) in [5, 5.41) is 2.88. The maximum absolute atomic E-state index is 11.6. The number of amides is 2. The molecule has 4 heteroatoms. The lowest BCUT2D eigenvalue weighted by molar-refractivity contribution is 0.0732. The molecule has 16 heavy (non-hydrogen) atoms. The zero-order valence-electron chi connectivity index (χ0n) is 10.6. The molecule has 0 aromatic carbocycles. The summed E-state index contributed by atoms with van der Waals surface area (Å²) < 4.78 is 0. The molecule has 2 aliphatic heterocycles. The number of hydrogen-bond donors (Lipinski definition) is 1. The molecule has 2 saturated heterocycles. The van der Waals surface area contributed by atoms with E-state index >= 15 is 0 Å². The molecular formula is C12H23N3O. The van der Waals surface area contributed by atoms with Crippen molar-refractivity contribution in [1.82, 2.24) is 15.1 Å². The van der Waals surface area contributed by atoms with E-state index in [9.17, 15) is 4.79 Å². The van der Waals surface area contributed by atoms with E-state index < -0.39 is 0 Å². The average molecular weight is 225 g/mol. The molecule has 92 valence electrons. The molecule has 0 spiro atoms. The van der Waals surface area contributed by atoms with E-state index in [2.05, 4.69) is 31.0 Å². The highest BCUT2D eigenvalue weighted by atomic mass is 16.2. The lowest BCUT2D eigenvalue weighted by Crippen LogP contribution is -2.51. The molecule has 0 unspecified atom stereocenters. The number of rotatable bonds is 1. The minimum absolute atomic E-state index is 0.134. The van der Waals surface area contributed by atoms with Gasteiger partial charge in [0.25, 0.3) is 0 Å². The minimum atomic E-state index is 0.134. The predicted octanol–water partition coefficient (Wildman–Crippen LogP) is 1.27. The van der Waals surface area contributed by atoms with E-state index in [0.29, 0.717) is 6.04 Å². The van der Waals surface area contributed by atoms with Crippen LogP contribution in [0, 0.1) is 0 Å². The molecule has 2 amide bonds. The van der Waals surface area contributed by atoms with Gasteiger partial charge in [-0.3, -0.25) is 4.90 Å². The van der Waals surface area contributed by atoms with Crippen molar-refractivity contribution in [2.45, 2.75) is 45.2 Å². The minimum Gasteiger partial charge on any atom is -0.336 e. The molecule has 0 aromatic heterocycles. The van der Waals surface area contributed by atoms with E-state index in [0.717, 1.165) is 39.0 Å². The van der Waals surface area contributed by atoms with Gasteiger partial charge in [0.05, 0.1) is 0 Å². The van der Waals surface area contributed by atoms with Crippen LogP contribution >= 0.6 is 0 Å². The van der Waals surface area contributed by atoms with E-state index in [1.165, 1.54) is 0 Å². The third kappa shape index (κ3) is 2.32. The van der Waals surface area contributed by atoms with E-state index in [-0.39, 0.29) is 11.6 Å². The summed E-state index contributed by atoms with van der Waals surface area (Å²) in [6, 6.07) is 0.593. The number of carbonyl (C=O) groups is 1. The Morgan fingerprint density at radius 3 is 2.25 bits per heavy atom. The monoisotopic (exact) mass is 225 g/mol. The smallest absolute Gasteiger partial charge is 0.317 e. The topological polar surface area (TPSA) is 35.6 Å². The number of urea groups is 1. The number of likely N-dealkylation sites (tertiary alicyclic amines) is 1. The molecule has 2 fully saturated rings. The van der Waals surface area contributed by atoms with Crippen molar-refractivity contribution >= 4 is 6.03 Å². The van der Waals surface area contributed by atoms with E-state index in [4.69, 9.17) is 0 Å². The largest absolute Gasteiger partial charge is 0.336 e. The first kappa shape index (κ1) is 11.7. The molecule has 1 N–H and O–H groups in total. The number of hydrogen-bond acceptors (Lipinski definition) is 2. The highest BCUT2D eigenvalue weighted by Gasteiger charge is 2.33. The lowest BCUT2D eigenvalue weighted by atomic mass is 9.97. The van der Waals surface area contributed by atoms with Crippen molar-refractivity contribution in [3.05, 3.63) is 0 Å². The third-order valence-corrected chi connectivity index (χ3v) is 3.74. The van der Waals surface area contributed by atoms with Crippen LogP contribution in [0.5, 0.6) is 0 Å². The second-order valence-corrected chi connectivity index (χ2v) is 5.81. The van der Waals surface area contributed by atoms with Gasteiger partial charge in [0.2, 0.25) is 0 Å². The van der Waals surface area contributed by atoms with Gasteiger partial charge < -0.3 is 10.2 Å². The Kier molecular flexibility index (Phi) is 3.10. The van der Waals surface area contributed by atoms with Gasteiger partial charge in [-0.25, -0.2) is 4.79 Å². The van der Waals surface area contributed by atoms with Gasteiger partial charge in [-0.05, 0) is 33.6 Å². The first-order chi connectivity index (χ1) is 7.48. The zero-order valence-corrected chi connectivity index (χ0v) is 10.6. The Morgan fingerprint density at radius 1 is 1.19 bits per heavy atom. The SMILES string of the molecule is CC(C)(C)N1CCC(N2CCNC2=O)CC1. The molecular weight excluding hydrogens is 202 g/mol. The number of piperidine rings is 1. The Hall–Kier alpha value is -0.770. The summed E-state index contributed by atoms with van der Waals surface area (Å²) in [7, 11) is 0. The van der Waals surface area contributed by atoms with Gasteiger partial charge in [0.15, 0.2) is 0 Å². The molecule has 0 saturated carbocycles. The first-order valence-electron chi connectivity index (χ1n) is 6.28. The average Bonchev–Trinajstić information content (AvgIpc) is 2.63. The van der Waals surface area contributed by atoms with Crippen LogP contribution < -0.4 is 5.32 Å². The van der Waals surface area contributed by atoms with Crippen LogP contribution in [0.25, 0.3) is 0 Å². The Labute approximate surface area is 98.0 Å². The molecule has 2 aliphatic rings. The summed E-state index contributed by atoms with van der Waals surface area (Å²) >= 11 is 0. The maximum Gasteiger partial charge on any atom is 0.317 e. The molecule has 0 aromatic rings. The van der Waals surface area contributed by atoms with Crippen LogP contribution in [0.1, 0.15) is 33.6 Å². The fourth-order valence-corrected chi connectivity index (χ4v) is 2.68. The lowest BCUT2D eigenvalue weighted by Gasteiger charge is -2.42. The van der Waals surface area contributed by atoms with Crippen molar-refractivity contribution in [2.75, 3.05) is 26.2 Å². The van der Waals surface area contributed by atoms with Crippen molar-refractivity contribution in [3.8, 4) is 0 Å². The van der Waals surface area contributed by atoms with Gasteiger partial charge in [-0.1, -0.05) is 0 Å². The fourth-order valence-electron chi connectivity index (χ4n) is 2.68. The standard InChI is InChI=1S/C12H23N3O/c1-12(2,3)14-7-4-10(5-8-14)15-9-6-13-11(15)16/h10H,4-9H2,1-3H3,(H,13,16). The van der Waals surface area contributed by atoms with E-state index in [1.807, 2.05) is 4.90 Å². The van der Waals surface area contributed by atoms with Crippen LogP contribution in [0.15, 0.2) is 0 Å². The maximum atomic E-state index is 11.6. The van der Waals surface area contributed by atoms with Crippen LogP contribution in [0.4, 0.5) is 4.79 Å². The second kappa shape index (κ2) is 4.24. The van der Waals surface area contributed by atoms with Gasteiger partial charge in [-0.15, -0.1) is 0 Å². The molecule has 4 nitrogen and oxygen atoms in total. The molecule has 0 bridgehead atoms. The van der Waals surface area contributed by atoms with Crippen molar-refractivity contribution in [2.24, 2.45) is 0 Å². The summed E-state index contributed by atoms with van der Waals surface area (Å²) in [6.07, 6.45) is 2.23. The molecule has 2 heterocycles. The third-order valence-electron chi connectivity index (χ3n) is 3.74. The van der Waals surface area contributed by atoms with E-state index in [1.54, 1.807) is 0 Å². The molecule has 0 radical (unpaired) electrons. The van der Waals surface area contributed by atoms with Crippen LogP contribution in [0.2, 0.25) is 0 Å². The Balaban J connectivity index is 1.88. The Morgan fingerprint density at radius 2 is 1.81 bits per heavy atom. The summed E-state index contributed by atoms with van der Waals surface area (Å²) in [5.74, 6) is 0. The van der Waals surface area contributed by atoms with Gasteiger partial charge >= 0.3 is 6.03 Å². The highest BCUT2D eigenvalue weighted by Crippen LogP contribution is 2.23. The van der Waals surface area contributed by atoms with Gasteiger partial charge in [0, 0.05) is 37.8 Å². The van der Waals surface area contributed by atoms with Crippen LogP contribution in [-0.2, 0) is 0 Å². The van der Waals surface area contributed by atoms with Crippen LogP contribution in [-0.4, -0.2) is 53.6 Å². The molecule has 0 aliphatic carbocycles. The number of nitrogens with one attached hydrogen (secondary N) is 1. The second-order valence-electron chi connectivity index (χ2n) is 5.81. The first-order valence-corrected chi connectivity index (χ1v) is 6.28. The normalized spacial score (nSPS) is 24.9. The summed E-state index contributed by atoms with van der Waals surface area (Å²) in [4.78, 5) is 16.1. The summed E-state index contributed by atoms with van der Waals surface area (Å²) in [5.41, 5.74) is 0.262. The quantitative estimate of drug-likeness (QED) is 0.729. The van der Waals surface area contributed by atoms with Crippen LogP contribution in [0.3, 0.4) is 0 Å². The highest BCUT2D eigenvalue weighted by molar-refractivity contribution is 5.76. The van der Waals surface area contributed by atoms with Gasteiger partial charge in [0.1, 0.15) is 0 Å². The number of nitrogens with zero attached hydrogens (tertiary/aromatic N) is 2. The number of carbonyl (C=O) groups excluding carboxylic acids is 1. The van der Waals surface area contributed by atoms with Crippen molar-refractivity contribution in [1.29, 1.82) is 0 Å². The fraction of sp³-hybridized carbons (Fsp3) is 0.917. The predicted molar refractivity (Wildman–Crippen MR) is 64.5 cm³/mol. The van der Waals surface area contributed by atoms with Gasteiger partial charge in [-0.2, -0.15) is 0 Å². The van der Waals surface area contributed by atoms with Crippen molar-refractivity contribution in [3.63, 3.8) is 0 Å². The molecule has 0 atom stereocenters. The zero-order chi connectivity index (χ0) is 11.8. The summed E-state index contributed by atoms with van der Waals surface area (Å²) in [6.45, 7) is 10.7. The molecule has 2 rings (SSSR count). The van der Waals surface area contributed by atoms with Crippen molar-refractivity contribution < 1.29 is 4.79 Å². The Bertz CT molecular complexity index is 264.